The van der Waals surface area contributed by atoms with Crippen LogP contribution in [-0.4, -0.2) is 39.0 Å². The fourth-order valence-electron chi connectivity index (χ4n) is 5.32. The molecule has 0 radical (unpaired) electrons. The van der Waals surface area contributed by atoms with Crippen LogP contribution in [0, 0.1) is 0 Å². The first-order valence-electron chi connectivity index (χ1n) is 15.4. The van der Waals surface area contributed by atoms with E-state index in [1.54, 1.807) is 23.4 Å². The monoisotopic (exact) mass is 641 g/mol. The van der Waals surface area contributed by atoms with Gasteiger partial charge >= 0.3 is 0 Å². The minimum Gasteiger partial charge on any atom is -0.392 e. The number of benzene rings is 3. The number of hydrogen-bond acceptors (Lipinski definition) is 8. The standard InChI is InChI=1S/C36H39N3O6S/c40-23-25-12-14-27(15-13-25)32-21-30(24-46-35-11-5-6-20-37-35)44-36(45-32)28-18-16-26(17-19-28)31-8-2-1-7-29(31)22-38-33(41)9-3-4-10-34(42)39-43/h1-2,5-8,11-20,30,32,36,40,43H,3-4,9-10,21-24H2,(H,38,41)(H,39,42)/t30-,32+,36+/m0/s1. The van der Waals surface area contributed by atoms with Crippen molar-refractivity contribution in [2.45, 2.75) is 68.8 Å². The third-order valence-corrected chi connectivity index (χ3v) is 8.92. The van der Waals surface area contributed by atoms with E-state index in [9.17, 15) is 14.7 Å². The molecule has 1 fully saturated rings. The molecule has 0 spiro atoms. The Balaban J connectivity index is 1.25. The van der Waals surface area contributed by atoms with Crippen molar-refractivity contribution in [1.29, 1.82) is 0 Å². The van der Waals surface area contributed by atoms with Crippen LogP contribution >= 0.6 is 11.8 Å². The third kappa shape index (κ3) is 9.48. The maximum absolute atomic E-state index is 12.4. The van der Waals surface area contributed by atoms with E-state index < -0.39 is 12.2 Å². The lowest BCUT2D eigenvalue weighted by Gasteiger charge is -2.36. The number of hydroxylamine groups is 1. The zero-order valence-electron chi connectivity index (χ0n) is 25.5. The summed E-state index contributed by atoms with van der Waals surface area (Å²) in [7, 11) is 0. The lowest BCUT2D eigenvalue weighted by Crippen LogP contribution is -2.31. The first kappa shape index (κ1) is 33.3. The molecule has 0 saturated carbocycles. The molecule has 5 rings (SSSR count). The largest absolute Gasteiger partial charge is 0.392 e. The number of pyridine rings is 1. The second-order valence-corrected chi connectivity index (χ2v) is 12.2. The van der Waals surface area contributed by atoms with Gasteiger partial charge in [0.15, 0.2) is 6.29 Å². The third-order valence-electron chi connectivity index (χ3n) is 7.84. The summed E-state index contributed by atoms with van der Waals surface area (Å²) in [5, 5.41) is 22.0. The topological polar surface area (TPSA) is 130 Å². The molecule has 46 heavy (non-hydrogen) atoms. The second-order valence-electron chi connectivity index (χ2n) is 11.1. The molecule has 2 amide bonds. The van der Waals surface area contributed by atoms with E-state index >= 15 is 0 Å². The number of aromatic nitrogens is 1. The maximum atomic E-state index is 12.4. The zero-order valence-corrected chi connectivity index (χ0v) is 26.3. The van der Waals surface area contributed by atoms with E-state index in [2.05, 4.69) is 10.3 Å². The number of nitrogens with one attached hydrogen (secondary N) is 2. The van der Waals surface area contributed by atoms with Crippen molar-refractivity contribution < 1.29 is 29.4 Å². The molecule has 3 atom stereocenters. The van der Waals surface area contributed by atoms with Crippen molar-refractivity contribution in [2.24, 2.45) is 0 Å². The van der Waals surface area contributed by atoms with Crippen molar-refractivity contribution in [1.82, 2.24) is 15.8 Å². The number of nitrogens with zero attached hydrogens (tertiary/aromatic N) is 1. The molecule has 240 valence electrons. The molecule has 10 heteroatoms. The van der Waals surface area contributed by atoms with Gasteiger partial charge in [-0.15, -0.1) is 11.8 Å². The number of carbonyl (C=O) groups excluding carboxylic acids is 2. The van der Waals surface area contributed by atoms with Gasteiger partial charge in [-0.05, 0) is 52.8 Å². The molecule has 1 saturated heterocycles. The Kier molecular flexibility index (Phi) is 12.3. The number of amides is 2. The molecule has 4 aromatic rings. The van der Waals surface area contributed by atoms with Gasteiger partial charge < -0.3 is 19.9 Å². The van der Waals surface area contributed by atoms with Crippen LogP contribution in [0.3, 0.4) is 0 Å². The summed E-state index contributed by atoms with van der Waals surface area (Å²) in [4.78, 5) is 28.0. The van der Waals surface area contributed by atoms with Gasteiger partial charge in [-0.1, -0.05) is 78.9 Å². The predicted octanol–water partition coefficient (Wildman–Crippen LogP) is 6.26. The van der Waals surface area contributed by atoms with Crippen LogP contribution in [-0.2, 0) is 32.2 Å². The summed E-state index contributed by atoms with van der Waals surface area (Å²) < 4.78 is 13.0. The minimum atomic E-state index is -0.558. The van der Waals surface area contributed by atoms with Gasteiger partial charge in [-0.2, -0.15) is 0 Å². The van der Waals surface area contributed by atoms with Crippen molar-refractivity contribution in [3.63, 3.8) is 0 Å². The van der Waals surface area contributed by atoms with Crippen LogP contribution in [0.5, 0.6) is 0 Å². The van der Waals surface area contributed by atoms with Crippen molar-refractivity contribution in [3.8, 4) is 11.1 Å². The Hall–Kier alpha value is -4.06. The maximum Gasteiger partial charge on any atom is 0.243 e. The molecule has 0 aliphatic carbocycles. The average Bonchev–Trinajstić information content (AvgIpc) is 3.12. The molecular weight excluding hydrogens is 602 g/mol. The van der Waals surface area contributed by atoms with Gasteiger partial charge in [-0.3, -0.25) is 14.8 Å². The van der Waals surface area contributed by atoms with Crippen LogP contribution in [0.1, 0.15) is 66.8 Å². The highest BCUT2D eigenvalue weighted by molar-refractivity contribution is 7.99. The highest BCUT2D eigenvalue weighted by Gasteiger charge is 2.32. The predicted molar refractivity (Wildman–Crippen MR) is 176 cm³/mol. The molecule has 2 heterocycles. The Labute approximate surface area is 273 Å². The molecule has 3 aromatic carbocycles. The molecular formula is C36H39N3O6S. The van der Waals surface area contributed by atoms with E-state index in [-0.39, 0.29) is 31.1 Å². The molecule has 0 unspecified atom stereocenters. The summed E-state index contributed by atoms with van der Waals surface area (Å²) >= 11 is 1.66. The molecule has 1 aromatic heterocycles. The number of rotatable bonds is 14. The fraction of sp³-hybridized carbons (Fsp3) is 0.306. The van der Waals surface area contributed by atoms with E-state index in [1.807, 2.05) is 91.0 Å². The number of thioether (sulfide) groups is 1. The first-order valence-corrected chi connectivity index (χ1v) is 16.4. The Morgan fingerprint density at radius 3 is 2.28 bits per heavy atom. The van der Waals surface area contributed by atoms with Crippen LogP contribution in [0.2, 0.25) is 0 Å². The van der Waals surface area contributed by atoms with Gasteiger partial charge in [0.25, 0.3) is 0 Å². The Morgan fingerprint density at radius 2 is 1.57 bits per heavy atom. The number of aliphatic hydroxyl groups is 1. The smallest absolute Gasteiger partial charge is 0.243 e. The Bertz CT molecular complexity index is 1550. The molecule has 4 N–H and O–H groups in total. The van der Waals surface area contributed by atoms with Gasteiger partial charge in [0.05, 0.1) is 23.8 Å². The SMILES string of the molecule is O=C(CCCCC(=O)NCc1ccccc1-c1ccc([C@@H]2O[C@H](CSc3ccccn3)C[C@H](c3ccc(CO)cc3)O2)cc1)NO. The number of aliphatic hydroxyl groups excluding tert-OH is 1. The number of hydrogen-bond donors (Lipinski definition) is 4. The molecule has 1 aliphatic rings. The van der Waals surface area contributed by atoms with Gasteiger partial charge in [0.2, 0.25) is 11.8 Å². The normalized spacial score (nSPS) is 17.7. The van der Waals surface area contributed by atoms with Crippen LogP contribution in [0.25, 0.3) is 11.1 Å². The summed E-state index contributed by atoms with van der Waals surface area (Å²) in [5.74, 6) is 0.198. The van der Waals surface area contributed by atoms with E-state index in [1.165, 1.54) is 0 Å². The summed E-state index contributed by atoms with van der Waals surface area (Å²) in [6.45, 7) is 0.380. The van der Waals surface area contributed by atoms with Gasteiger partial charge in [0.1, 0.15) is 0 Å². The minimum absolute atomic E-state index is 0.00385. The second kappa shape index (κ2) is 17.0. The molecule has 0 bridgehead atoms. The van der Waals surface area contributed by atoms with E-state index in [0.29, 0.717) is 32.2 Å². The number of unbranched alkanes of at least 4 members (excludes halogenated alkanes) is 1. The lowest BCUT2D eigenvalue weighted by atomic mass is 9.97. The lowest BCUT2D eigenvalue weighted by molar-refractivity contribution is -0.245. The van der Waals surface area contributed by atoms with E-state index in [0.717, 1.165) is 44.2 Å². The van der Waals surface area contributed by atoms with Crippen molar-refractivity contribution in [2.75, 3.05) is 5.75 Å². The number of ether oxygens (including phenoxy) is 2. The first-order chi connectivity index (χ1) is 22.5. The van der Waals surface area contributed by atoms with Crippen molar-refractivity contribution >= 4 is 23.6 Å². The van der Waals surface area contributed by atoms with E-state index in [4.69, 9.17) is 14.7 Å². The summed E-state index contributed by atoms with van der Waals surface area (Å²) in [6, 6.07) is 29.9. The molecule has 9 nitrogen and oxygen atoms in total. The summed E-state index contributed by atoms with van der Waals surface area (Å²) in [6.07, 6.45) is 3.28. The zero-order chi connectivity index (χ0) is 32.1. The van der Waals surface area contributed by atoms with Crippen LogP contribution in [0.4, 0.5) is 0 Å². The highest BCUT2D eigenvalue weighted by atomic mass is 32.2. The van der Waals surface area contributed by atoms with Gasteiger partial charge in [0, 0.05) is 43.3 Å². The highest BCUT2D eigenvalue weighted by Crippen LogP contribution is 2.40. The van der Waals surface area contributed by atoms with Gasteiger partial charge in [-0.25, -0.2) is 10.5 Å². The number of carbonyl (C=O) groups is 2. The summed E-state index contributed by atoms with van der Waals surface area (Å²) in [5.41, 5.74) is 7.44. The van der Waals surface area contributed by atoms with Crippen molar-refractivity contribution in [3.05, 3.63) is 119 Å². The Morgan fingerprint density at radius 1 is 0.848 bits per heavy atom. The average molecular weight is 642 g/mol. The van der Waals surface area contributed by atoms with Crippen LogP contribution < -0.4 is 10.8 Å². The molecule has 1 aliphatic heterocycles. The fourth-order valence-corrected chi connectivity index (χ4v) is 6.20. The quantitative estimate of drug-likeness (QED) is 0.0550. The van der Waals surface area contributed by atoms with Crippen LogP contribution in [0.15, 0.2) is 102 Å².